The van der Waals surface area contributed by atoms with Crippen molar-refractivity contribution in [2.24, 2.45) is 0 Å². The van der Waals surface area contributed by atoms with E-state index in [-0.39, 0.29) is 11.6 Å². The van der Waals surface area contributed by atoms with Crippen molar-refractivity contribution in [2.45, 2.75) is 0 Å². The summed E-state index contributed by atoms with van der Waals surface area (Å²) in [4.78, 5) is 17.0. The Hall–Kier alpha value is -4.43. The molecular weight excluding hydrogens is 470 g/mol. The molecule has 0 N–H and O–H groups in total. The molecule has 4 heterocycles. The minimum atomic E-state index is -0.266. The van der Waals surface area contributed by atoms with Crippen molar-refractivity contribution in [3.8, 4) is 22.5 Å². The average Bonchev–Trinajstić information content (AvgIpc) is 3.51. The van der Waals surface area contributed by atoms with Crippen molar-refractivity contribution in [1.82, 2.24) is 28.7 Å². The van der Waals surface area contributed by atoms with Crippen LogP contribution in [-0.4, -0.2) is 28.7 Å². The van der Waals surface area contributed by atoms with Gasteiger partial charge in [-0.05, 0) is 54.6 Å². The van der Waals surface area contributed by atoms with E-state index in [1.165, 1.54) is 24.3 Å². The van der Waals surface area contributed by atoms with Gasteiger partial charge in [-0.25, -0.2) is 23.7 Å². The highest BCUT2D eigenvalue weighted by Gasteiger charge is 2.08. The molecule has 6 aromatic rings. The maximum absolute atomic E-state index is 12.9. The lowest BCUT2D eigenvalue weighted by Crippen LogP contribution is -1.88. The zero-order chi connectivity index (χ0) is 24.4. The lowest BCUT2D eigenvalue weighted by Gasteiger charge is -1.94. The second kappa shape index (κ2) is 9.44. The number of rotatable bonds is 3. The fourth-order valence-corrected chi connectivity index (χ4v) is 3.69. The molecule has 35 heavy (non-hydrogen) atoms. The number of nitrogens with zero attached hydrogens (tertiary/aromatic N) is 6. The monoisotopic (exact) mass is 486 g/mol. The van der Waals surface area contributed by atoms with E-state index in [1.54, 1.807) is 53.3 Å². The summed E-state index contributed by atoms with van der Waals surface area (Å²) in [6.45, 7) is 3.71. The average molecular weight is 487 g/mol. The standard InChI is InChI=1S/C14H10FN3.C12H7ClFN3/c1-2-12-14-17-13(9-18(14)8-7-16-12)10-3-5-11(15)6-4-10;13-11-12-16-10(7-17(12)6-5-15-11)8-1-3-9(14)4-2-8/h2-9H,1H2;1-7H. The highest BCUT2D eigenvalue weighted by molar-refractivity contribution is 6.32. The summed E-state index contributed by atoms with van der Waals surface area (Å²) >= 11 is 5.93. The topological polar surface area (TPSA) is 60.4 Å². The van der Waals surface area contributed by atoms with Gasteiger partial charge in [0.05, 0.1) is 11.4 Å². The molecule has 4 aromatic heterocycles. The Morgan fingerprint density at radius 2 is 1.20 bits per heavy atom. The number of benzene rings is 2. The van der Waals surface area contributed by atoms with Gasteiger partial charge in [-0.15, -0.1) is 0 Å². The number of halogens is 3. The maximum atomic E-state index is 12.9. The van der Waals surface area contributed by atoms with Gasteiger partial charge in [0.15, 0.2) is 16.4 Å². The molecule has 0 aliphatic heterocycles. The Morgan fingerprint density at radius 1 is 0.714 bits per heavy atom. The van der Waals surface area contributed by atoms with E-state index < -0.39 is 0 Å². The smallest absolute Gasteiger partial charge is 0.175 e. The first-order valence-corrected chi connectivity index (χ1v) is 10.9. The predicted octanol–water partition coefficient (Wildman–Crippen LogP) is 6.37. The molecule has 0 atom stereocenters. The fourth-order valence-electron chi connectivity index (χ4n) is 3.49. The van der Waals surface area contributed by atoms with Gasteiger partial charge in [0.25, 0.3) is 0 Å². The van der Waals surface area contributed by atoms with Gasteiger partial charge in [0, 0.05) is 48.3 Å². The van der Waals surface area contributed by atoms with E-state index in [9.17, 15) is 8.78 Å². The van der Waals surface area contributed by atoms with Gasteiger partial charge in [0.2, 0.25) is 0 Å². The Morgan fingerprint density at radius 3 is 1.71 bits per heavy atom. The van der Waals surface area contributed by atoms with E-state index in [0.717, 1.165) is 33.9 Å². The van der Waals surface area contributed by atoms with Crippen molar-refractivity contribution in [2.75, 3.05) is 0 Å². The van der Waals surface area contributed by atoms with Crippen LogP contribution in [0.2, 0.25) is 5.15 Å². The number of hydrogen-bond acceptors (Lipinski definition) is 4. The summed E-state index contributed by atoms with van der Waals surface area (Å²) in [7, 11) is 0. The van der Waals surface area contributed by atoms with Gasteiger partial charge >= 0.3 is 0 Å². The van der Waals surface area contributed by atoms with E-state index >= 15 is 0 Å². The zero-order valence-electron chi connectivity index (χ0n) is 18.2. The summed E-state index contributed by atoms with van der Waals surface area (Å²) in [5, 5.41) is 0.348. The minimum Gasteiger partial charge on any atom is -0.303 e. The summed E-state index contributed by atoms with van der Waals surface area (Å²) < 4.78 is 29.4. The Labute approximate surface area is 203 Å². The zero-order valence-corrected chi connectivity index (χ0v) is 18.9. The molecule has 0 aliphatic rings. The third-order valence-corrected chi connectivity index (χ3v) is 5.47. The van der Waals surface area contributed by atoms with Crippen LogP contribution in [0.3, 0.4) is 0 Å². The van der Waals surface area contributed by atoms with Gasteiger partial charge < -0.3 is 8.80 Å². The lowest BCUT2D eigenvalue weighted by molar-refractivity contribution is 0.627. The quantitative estimate of drug-likeness (QED) is 0.292. The molecule has 0 radical (unpaired) electrons. The summed E-state index contributed by atoms with van der Waals surface area (Å²) in [6.07, 6.45) is 12.3. The van der Waals surface area contributed by atoms with Crippen LogP contribution in [0.25, 0.3) is 39.9 Å². The first kappa shape index (κ1) is 22.4. The van der Waals surface area contributed by atoms with Gasteiger partial charge in [0.1, 0.15) is 17.3 Å². The van der Waals surface area contributed by atoms with Crippen LogP contribution in [0.15, 0.2) is 92.3 Å². The molecule has 0 spiro atoms. The number of fused-ring (bicyclic) bond motifs is 2. The number of aromatic nitrogens is 6. The molecule has 0 amide bonds. The minimum absolute atomic E-state index is 0.254. The molecule has 0 unspecified atom stereocenters. The normalized spacial score (nSPS) is 10.8. The van der Waals surface area contributed by atoms with Crippen LogP contribution in [0.4, 0.5) is 8.78 Å². The second-order valence-electron chi connectivity index (χ2n) is 7.46. The molecule has 6 rings (SSSR count). The third-order valence-electron chi connectivity index (χ3n) is 5.21. The highest BCUT2D eigenvalue weighted by Crippen LogP contribution is 2.22. The fraction of sp³-hybridized carbons (Fsp3) is 0. The lowest BCUT2D eigenvalue weighted by atomic mass is 10.2. The molecule has 0 aliphatic carbocycles. The van der Waals surface area contributed by atoms with Crippen molar-refractivity contribution >= 4 is 29.0 Å². The predicted molar refractivity (Wildman–Crippen MR) is 132 cm³/mol. The molecule has 172 valence electrons. The van der Waals surface area contributed by atoms with E-state index in [2.05, 4.69) is 26.5 Å². The molecule has 0 fully saturated rings. The molecule has 2 aromatic carbocycles. The van der Waals surface area contributed by atoms with Crippen LogP contribution in [0.1, 0.15) is 5.69 Å². The Kier molecular flexibility index (Phi) is 6.03. The van der Waals surface area contributed by atoms with E-state index in [1.807, 2.05) is 23.0 Å². The van der Waals surface area contributed by atoms with Crippen LogP contribution in [-0.2, 0) is 0 Å². The number of hydrogen-bond donors (Lipinski definition) is 0. The third kappa shape index (κ3) is 4.64. The van der Waals surface area contributed by atoms with Crippen molar-refractivity contribution in [3.63, 3.8) is 0 Å². The van der Waals surface area contributed by atoms with Crippen molar-refractivity contribution in [1.29, 1.82) is 0 Å². The molecular formula is C26H17ClF2N6. The first-order chi connectivity index (χ1) is 17.0. The number of imidazole rings is 2. The SMILES string of the molecule is C=Cc1nccn2cc(-c3ccc(F)cc3)nc12.Fc1ccc(-c2cn3ccnc(Cl)c3n2)cc1. The first-order valence-electron chi connectivity index (χ1n) is 10.5. The van der Waals surface area contributed by atoms with Crippen LogP contribution in [0.5, 0.6) is 0 Å². The van der Waals surface area contributed by atoms with Crippen molar-refractivity contribution < 1.29 is 8.78 Å². The van der Waals surface area contributed by atoms with Gasteiger partial charge in [-0.3, -0.25) is 4.98 Å². The van der Waals surface area contributed by atoms with Crippen LogP contribution >= 0.6 is 11.6 Å². The summed E-state index contributed by atoms with van der Waals surface area (Å²) in [5.41, 5.74) is 5.29. The molecule has 6 nitrogen and oxygen atoms in total. The largest absolute Gasteiger partial charge is 0.303 e. The van der Waals surface area contributed by atoms with E-state index in [0.29, 0.717) is 10.8 Å². The summed E-state index contributed by atoms with van der Waals surface area (Å²) in [6, 6.07) is 12.4. The van der Waals surface area contributed by atoms with Gasteiger partial charge in [-0.2, -0.15) is 0 Å². The van der Waals surface area contributed by atoms with Crippen molar-refractivity contribution in [3.05, 3.63) is 115 Å². The van der Waals surface area contributed by atoms with Crippen LogP contribution in [0, 0.1) is 11.6 Å². The second-order valence-corrected chi connectivity index (χ2v) is 7.82. The Balaban J connectivity index is 0.000000145. The van der Waals surface area contributed by atoms with E-state index in [4.69, 9.17) is 11.6 Å². The highest BCUT2D eigenvalue weighted by atomic mass is 35.5. The maximum Gasteiger partial charge on any atom is 0.175 e. The Bertz CT molecular complexity index is 1640. The van der Waals surface area contributed by atoms with Crippen LogP contribution < -0.4 is 0 Å². The molecule has 0 saturated carbocycles. The molecule has 0 saturated heterocycles. The molecule has 9 heteroatoms. The van der Waals surface area contributed by atoms with Gasteiger partial charge in [-0.1, -0.05) is 18.2 Å². The summed E-state index contributed by atoms with van der Waals surface area (Å²) in [5.74, 6) is -0.520. The molecule has 0 bridgehead atoms.